The lowest BCUT2D eigenvalue weighted by atomic mass is 10.3. The molecule has 112 valence electrons. The van der Waals surface area contributed by atoms with Crippen molar-refractivity contribution in [2.24, 2.45) is 5.73 Å². The molecule has 3 rings (SSSR count). The summed E-state index contributed by atoms with van der Waals surface area (Å²) in [5.74, 6) is -0.0286. The first-order valence-electron chi connectivity index (χ1n) is 6.60. The first kappa shape index (κ1) is 13.8. The van der Waals surface area contributed by atoms with Crippen LogP contribution < -0.4 is 16.2 Å². The van der Waals surface area contributed by atoms with E-state index in [1.165, 1.54) is 10.9 Å². The highest BCUT2D eigenvalue weighted by Gasteiger charge is 2.16. The van der Waals surface area contributed by atoms with Crippen molar-refractivity contribution in [1.29, 1.82) is 0 Å². The number of primary amides is 1. The standard InChI is InChI=1S/C14H13N5O3/c1-2-22-9-5-3-8(4-6-9)19-13-11(18-14(19)21)10(12(15)20)16-7-17-13/h3-7H,2H2,1H3,(H2,15,20)(H,18,21). The van der Waals surface area contributed by atoms with Crippen LogP contribution in [0.1, 0.15) is 17.4 Å². The highest BCUT2D eigenvalue weighted by atomic mass is 16.5. The topological polar surface area (TPSA) is 116 Å². The van der Waals surface area contributed by atoms with Crippen LogP contribution in [0.2, 0.25) is 0 Å². The summed E-state index contributed by atoms with van der Waals surface area (Å²) in [4.78, 5) is 34.0. The van der Waals surface area contributed by atoms with Crippen molar-refractivity contribution in [3.05, 3.63) is 46.8 Å². The van der Waals surface area contributed by atoms with Gasteiger partial charge in [0.1, 0.15) is 17.6 Å². The molecule has 0 bridgehead atoms. The number of imidazole rings is 1. The number of aromatic amines is 1. The van der Waals surface area contributed by atoms with Gasteiger partial charge < -0.3 is 15.5 Å². The Hall–Kier alpha value is -3.16. The molecule has 0 atom stereocenters. The van der Waals surface area contributed by atoms with Crippen LogP contribution in [0, 0.1) is 0 Å². The van der Waals surface area contributed by atoms with Gasteiger partial charge in [0.25, 0.3) is 5.91 Å². The van der Waals surface area contributed by atoms with E-state index in [9.17, 15) is 9.59 Å². The molecule has 0 aliphatic heterocycles. The van der Waals surface area contributed by atoms with Gasteiger partial charge in [0.05, 0.1) is 12.3 Å². The molecule has 0 spiro atoms. The zero-order chi connectivity index (χ0) is 15.7. The molecule has 8 nitrogen and oxygen atoms in total. The Morgan fingerprint density at radius 1 is 1.32 bits per heavy atom. The number of carbonyl (C=O) groups is 1. The molecule has 1 aromatic carbocycles. The van der Waals surface area contributed by atoms with Crippen molar-refractivity contribution in [1.82, 2.24) is 19.5 Å². The molecule has 0 fully saturated rings. The highest BCUT2D eigenvalue weighted by Crippen LogP contribution is 2.18. The zero-order valence-electron chi connectivity index (χ0n) is 11.7. The van der Waals surface area contributed by atoms with E-state index in [1.54, 1.807) is 24.3 Å². The molecule has 3 aromatic rings. The number of nitrogens with two attached hydrogens (primary N) is 1. The molecule has 1 amide bonds. The van der Waals surface area contributed by atoms with Gasteiger partial charge in [0.2, 0.25) is 0 Å². The second-order valence-corrected chi connectivity index (χ2v) is 4.48. The van der Waals surface area contributed by atoms with Crippen molar-refractivity contribution in [2.75, 3.05) is 6.61 Å². The smallest absolute Gasteiger partial charge is 0.332 e. The molecule has 2 aromatic heterocycles. The summed E-state index contributed by atoms with van der Waals surface area (Å²) >= 11 is 0. The minimum Gasteiger partial charge on any atom is -0.494 e. The van der Waals surface area contributed by atoms with Gasteiger partial charge in [-0.2, -0.15) is 0 Å². The number of aromatic nitrogens is 4. The van der Waals surface area contributed by atoms with Gasteiger partial charge in [-0.3, -0.25) is 4.79 Å². The minimum atomic E-state index is -0.729. The van der Waals surface area contributed by atoms with Gasteiger partial charge >= 0.3 is 5.69 Å². The van der Waals surface area contributed by atoms with Crippen LogP contribution in [0.3, 0.4) is 0 Å². The molecule has 2 heterocycles. The summed E-state index contributed by atoms with van der Waals surface area (Å²) in [6, 6.07) is 6.96. The first-order valence-corrected chi connectivity index (χ1v) is 6.60. The molecule has 0 radical (unpaired) electrons. The predicted molar refractivity (Wildman–Crippen MR) is 79.2 cm³/mol. The normalized spacial score (nSPS) is 10.8. The molecule has 22 heavy (non-hydrogen) atoms. The molecule has 8 heteroatoms. The van der Waals surface area contributed by atoms with Gasteiger partial charge in [0.15, 0.2) is 11.3 Å². The number of rotatable bonds is 4. The summed E-state index contributed by atoms with van der Waals surface area (Å²) in [7, 11) is 0. The van der Waals surface area contributed by atoms with Crippen molar-refractivity contribution in [3.63, 3.8) is 0 Å². The number of hydrogen-bond donors (Lipinski definition) is 2. The Morgan fingerprint density at radius 3 is 2.68 bits per heavy atom. The van der Waals surface area contributed by atoms with E-state index in [-0.39, 0.29) is 16.9 Å². The monoisotopic (exact) mass is 299 g/mol. The number of amides is 1. The maximum absolute atomic E-state index is 12.2. The maximum atomic E-state index is 12.2. The van der Waals surface area contributed by atoms with Gasteiger partial charge in [-0.05, 0) is 31.2 Å². The van der Waals surface area contributed by atoms with E-state index in [0.29, 0.717) is 18.0 Å². The number of ether oxygens (including phenoxy) is 1. The Balaban J connectivity index is 2.19. The number of nitrogens with one attached hydrogen (secondary N) is 1. The summed E-state index contributed by atoms with van der Waals surface area (Å²) in [6.07, 6.45) is 1.20. The lowest BCUT2D eigenvalue weighted by molar-refractivity contribution is 0.0997. The number of nitrogens with zero attached hydrogens (tertiary/aromatic N) is 3. The van der Waals surface area contributed by atoms with E-state index >= 15 is 0 Å². The molecule has 0 saturated carbocycles. The van der Waals surface area contributed by atoms with E-state index in [2.05, 4.69) is 15.0 Å². The van der Waals surface area contributed by atoms with Crippen molar-refractivity contribution in [2.45, 2.75) is 6.92 Å². The van der Waals surface area contributed by atoms with Crippen LogP contribution in [0.25, 0.3) is 16.9 Å². The zero-order valence-corrected chi connectivity index (χ0v) is 11.7. The van der Waals surface area contributed by atoms with Gasteiger partial charge in [-0.25, -0.2) is 19.3 Å². The third kappa shape index (κ3) is 2.20. The van der Waals surface area contributed by atoms with E-state index in [4.69, 9.17) is 10.5 Å². The third-order valence-corrected chi connectivity index (χ3v) is 3.11. The molecule has 3 N–H and O–H groups in total. The molecule has 0 saturated heterocycles. The molecule has 0 aliphatic carbocycles. The summed E-state index contributed by atoms with van der Waals surface area (Å²) in [5, 5.41) is 0. The summed E-state index contributed by atoms with van der Waals surface area (Å²) in [6.45, 7) is 2.45. The Kier molecular flexibility index (Phi) is 3.34. The number of carbonyl (C=O) groups excluding carboxylic acids is 1. The van der Waals surface area contributed by atoms with Gasteiger partial charge in [-0.1, -0.05) is 0 Å². The quantitative estimate of drug-likeness (QED) is 0.732. The lowest BCUT2D eigenvalue weighted by Gasteiger charge is -2.05. The van der Waals surface area contributed by atoms with Gasteiger partial charge in [0, 0.05) is 0 Å². The molecule has 0 aliphatic rings. The number of hydrogen-bond acceptors (Lipinski definition) is 5. The maximum Gasteiger partial charge on any atom is 0.332 e. The number of benzene rings is 1. The van der Waals surface area contributed by atoms with Crippen LogP contribution in [-0.4, -0.2) is 32.0 Å². The average Bonchev–Trinajstić information content (AvgIpc) is 2.84. The van der Waals surface area contributed by atoms with Gasteiger partial charge in [-0.15, -0.1) is 0 Å². The fraction of sp³-hybridized carbons (Fsp3) is 0.143. The van der Waals surface area contributed by atoms with Crippen LogP contribution in [0.15, 0.2) is 35.4 Å². The van der Waals surface area contributed by atoms with Crippen LogP contribution in [0.5, 0.6) is 5.75 Å². The molecule has 0 unspecified atom stereocenters. The van der Waals surface area contributed by atoms with Crippen molar-refractivity contribution in [3.8, 4) is 11.4 Å². The Bertz CT molecular complexity index is 895. The number of H-pyrrole nitrogens is 1. The second kappa shape index (κ2) is 5.32. The van der Waals surface area contributed by atoms with E-state index < -0.39 is 11.6 Å². The number of fused-ring (bicyclic) bond motifs is 1. The van der Waals surface area contributed by atoms with E-state index in [1.807, 2.05) is 6.92 Å². The highest BCUT2D eigenvalue weighted by molar-refractivity contribution is 6.01. The van der Waals surface area contributed by atoms with Crippen LogP contribution >= 0.6 is 0 Å². The fourth-order valence-corrected chi connectivity index (χ4v) is 2.20. The third-order valence-electron chi connectivity index (χ3n) is 3.11. The van der Waals surface area contributed by atoms with E-state index in [0.717, 1.165) is 0 Å². The lowest BCUT2D eigenvalue weighted by Crippen LogP contribution is -2.14. The second-order valence-electron chi connectivity index (χ2n) is 4.48. The largest absolute Gasteiger partial charge is 0.494 e. The van der Waals surface area contributed by atoms with Crippen molar-refractivity contribution >= 4 is 17.1 Å². The summed E-state index contributed by atoms with van der Waals surface area (Å²) < 4.78 is 6.71. The average molecular weight is 299 g/mol. The first-order chi connectivity index (χ1) is 10.6. The SMILES string of the molecule is CCOc1ccc(-n2c(=O)[nH]c3c(C(N)=O)ncnc32)cc1. The molecular weight excluding hydrogens is 286 g/mol. The Labute approximate surface area is 124 Å². The predicted octanol–water partition coefficient (Wildman–Crippen LogP) is 0.606. The van der Waals surface area contributed by atoms with Crippen LogP contribution in [0.4, 0.5) is 0 Å². The fourth-order valence-electron chi connectivity index (χ4n) is 2.20. The minimum absolute atomic E-state index is 0.0215. The Morgan fingerprint density at radius 2 is 2.05 bits per heavy atom. The van der Waals surface area contributed by atoms with Crippen LogP contribution in [-0.2, 0) is 0 Å². The molecular formula is C14H13N5O3. The summed E-state index contributed by atoms with van der Waals surface area (Å²) in [5.41, 5.74) is 5.90. The van der Waals surface area contributed by atoms with Crippen molar-refractivity contribution < 1.29 is 9.53 Å².